The van der Waals surface area contributed by atoms with Crippen LogP contribution < -0.4 is 10.2 Å². The van der Waals surface area contributed by atoms with Crippen molar-refractivity contribution in [3.63, 3.8) is 0 Å². The molecule has 0 aliphatic heterocycles. The van der Waals surface area contributed by atoms with Gasteiger partial charge in [0.2, 0.25) is 0 Å². The summed E-state index contributed by atoms with van der Waals surface area (Å²) in [6.45, 7) is 2.06. The van der Waals surface area contributed by atoms with Crippen LogP contribution in [0.3, 0.4) is 0 Å². The van der Waals surface area contributed by atoms with E-state index in [1.165, 1.54) is 12.1 Å². The molecule has 0 amide bonds. The van der Waals surface area contributed by atoms with Gasteiger partial charge in [0.25, 0.3) is 5.69 Å². The number of benzene rings is 3. The van der Waals surface area contributed by atoms with Crippen molar-refractivity contribution in [2.24, 2.45) is 5.10 Å². The second-order valence-corrected chi connectivity index (χ2v) is 6.98. The molecule has 0 aromatic heterocycles. The van der Waals surface area contributed by atoms with Gasteiger partial charge in [0.1, 0.15) is 11.4 Å². The average molecular weight is 446 g/mol. The first-order chi connectivity index (χ1) is 15.9. The smallest absolute Gasteiger partial charge is 0.301 e. The number of nitro groups is 2. The summed E-state index contributed by atoms with van der Waals surface area (Å²) in [6, 6.07) is 18.6. The molecule has 1 N–H and O–H groups in total. The summed E-state index contributed by atoms with van der Waals surface area (Å²) in [5.41, 5.74) is 5.34. The van der Waals surface area contributed by atoms with E-state index in [1.807, 2.05) is 54.6 Å². The predicted octanol–water partition coefficient (Wildman–Crippen LogP) is 5.60. The van der Waals surface area contributed by atoms with E-state index in [0.717, 1.165) is 34.9 Å². The van der Waals surface area contributed by atoms with Crippen LogP contribution in [0.25, 0.3) is 6.08 Å². The Labute approximate surface area is 190 Å². The third kappa shape index (κ3) is 6.01. The molecule has 0 fully saturated rings. The maximum atomic E-state index is 11.4. The van der Waals surface area contributed by atoms with Gasteiger partial charge in [-0.2, -0.15) is 5.10 Å². The minimum Gasteiger partial charge on any atom is -0.497 e. The average Bonchev–Trinajstić information content (AvgIpc) is 2.84. The van der Waals surface area contributed by atoms with Crippen molar-refractivity contribution in [1.29, 1.82) is 0 Å². The van der Waals surface area contributed by atoms with E-state index in [4.69, 9.17) is 4.74 Å². The van der Waals surface area contributed by atoms with Gasteiger partial charge < -0.3 is 4.74 Å². The quantitative estimate of drug-likeness (QED) is 0.259. The number of methoxy groups -OCH3 is 1. The third-order valence-electron chi connectivity index (χ3n) is 4.89. The molecule has 0 atom stereocenters. The molecule has 168 valence electrons. The Morgan fingerprint density at radius 2 is 1.70 bits per heavy atom. The van der Waals surface area contributed by atoms with Crippen LogP contribution in [0.15, 0.2) is 77.9 Å². The normalized spacial score (nSPS) is 11.4. The monoisotopic (exact) mass is 446 g/mol. The van der Waals surface area contributed by atoms with E-state index < -0.39 is 15.5 Å². The molecule has 9 nitrogen and oxygen atoms in total. The molecule has 0 unspecified atom stereocenters. The Hall–Kier alpha value is -4.53. The highest BCUT2D eigenvalue weighted by molar-refractivity contribution is 6.11. The summed E-state index contributed by atoms with van der Waals surface area (Å²) in [7, 11) is 1.60. The van der Waals surface area contributed by atoms with Gasteiger partial charge >= 0.3 is 5.69 Å². The van der Waals surface area contributed by atoms with Gasteiger partial charge in [-0.05, 0) is 41.8 Å². The molecule has 0 saturated carbocycles. The number of non-ortho nitro benzene ring substituents is 1. The van der Waals surface area contributed by atoms with E-state index >= 15 is 0 Å². The Morgan fingerprint density at radius 1 is 1.00 bits per heavy atom. The molecule has 0 radical (unpaired) electrons. The Kier molecular flexibility index (Phi) is 7.48. The highest BCUT2D eigenvalue weighted by Gasteiger charge is 2.19. The molecule has 0 heterocycles. The van der Waals surface area contributed by atoms with Crippen LogP contribution in [0.2, 0.25) is 0 Å². The molecule has 33 heavy (non-hydrogen) atoms. The zero-order chi connectivity index (χ0) is 23.8. The van der Waals surface area contributed by atoms with E-state index in [2.05, 4.69) is 17.5 Å². The Morgan fingerprint density at radius 3 is 2.27 bits per heavy atom. The lowest BCUT2D eigenvalue weighted by Gasteiger charge is -2.07. The zero-order valence-corrected chi connectivity index (χ0v) is 18.1. The molecule has 3 aromatic rings. The van der Waals surface area contributed by atoms with Crippen LogP contribution >= 0.6 is 0 Å². The van der Waals surface area contributed by atoms with Crippen molar-refractivity contribution < 1.29 is 14.6 Å². The van der Waals surface area contributed by atoms with Gasteiger partial charge in [0, 0.05) is 11.6 Å². The van der Waals surface area contributed by atoms with Gasteiger partial charge in [-0.15, -0.1) is 0 Å². The first kappa shape index (κ1) is 23.1. The SMILES string of the molecule is CCc1ccc(C(/C=C/c2ccc(OC)cc2)=N\Nc2ccc([N+](=O)[O-])cc2[N+](=O)[O-])cc1. The Bertz CT molecular complexity index is 1200. The fourth-order valence-corrected chi connectivity index (χ4v) is 3.00. The van der Waals surface area contributed by atoms with Gasteiger partial charge in [0.15, 0.2) is 0 Å². The number of aryl methyl sites for hydroxylation is 1. The highest BCUT2D eigenvalue weighted by atomic mass is 16.6. The zero-order valence-electron chi connectivity index (χ0n) is 18.1. The summed E-state index contributed by atoms with van der Waals surface area (Å²) >= 11 is 0. The number of hydrazone groups is 1. The molecule has 0 spiro atoms. The standard InChI is InChI=1S/C24H22N4O5/c1-3-17-4-9-19(10-5-17)22(14-8-18-6-12-21(33-2)13-7-18)25-26-23-15-11-20(27(29)30)16-24(23)28(31)32/h4-16,26H,3H2,1-2H3/b14-8+,25-22-. The molecule has 3 aromatic carbocycles. The minimum absolute atomic E-state index is 0.0473. The molecule has 9 heteroatoms. The molecule has 0 aliphatic carbocycles. The molecular weight excluding hydrogens is 424 g/mol. The van der Waals surface area contributed by atoms with Gasteiger partial charge in [-0.3, -0.25) is 25.7 Å². The van der Waals surface area contributed by atoms with Crippen LogP contribution in [0, 0.1) is 20.2 Å². The first-order valence-electron chi connectivity index (χ1n) is 10.1. The number of hydrogen-bond donors (Lipinski definition) is 1. The molecule has 0 saturated heterocycles. The predicted molar refractivity (Wildman–Crippen MR) is 128 cm³/mol. The van der Waals surface area contributed by atoms with Crippen molar-refractivity contribution in [2.45, 2.75) is 13.3 Å². The van der Waals surface area contributed by atoms with Crippen LogP contribution in [0.5, 0.6) is 5.75 Å². The number of rotatable bonds is 9. The van der Waals surface area contributed by atoms with E-state index in [0.29, 0.717) is 5.71 Å². The summed E-state index contributed by atoms with van der Waals surface area (Å²) in [6.07, 6.45) is 4.53. The largest absolute Gasteiger partial charge is 0.497 e. The van der Waals surface area contributed by atoms with Crippen molar-refractivity contribution >= 4 is 28.8 Å². The fourth-order valence-electron chi connectivity index (χ4n) is 3.00. The summed E-state index contributed by atoms with van der Waals surface area (Å²) < 4.78 is 5.17. The van der Waals surface area contributed by atoms with Crippen molar-refractivity contribution in [1.82, 2.24) is 0 Å². The Balaban J connectivity index is 1.96. The van der Waals surface area contributed by atoms with Gasteiger partial charge in [-0.25, -0.2) is 0 Å². The molecule has 0 bridgehead atoms. The molecule has 0 aliphatic rings. The number of ether oxygens (including phenoxy) is 1. The lowest BCUT2D eigenvalue weighted by Crippen LogP contribution is -2.04. The number of nitrogens with one attached hydrogen (secondary N) is 1. The number of nitrogens with zero attached hydrogens (tertiary/aromatic N) is 3. The van der Waals surface area contributed by atoms with E-state index in [-0.39, 0.29) is 11.4 Å². The topological polar surface area (TPSA) is 120 Å². The maximum absolute atomic E-state index is 11.4. The van der Waals surface area contributed by atoms with Crippen molar-refractivity contribution in [3.8, 4) is 5.75 Å². The van der Waals surface area contributed by atoms with Crippen LogP contribution in [-0.2, 0) is 6.42 Å². The second kappa shape index (κ2) is 10.7. The van der Waals surface area contributed by atoms with E-state index in [9.17, 15) is 20.2 Å². The second-order valence-electron chi connectivity index (χ2n) is 6.98. The minimum atomic E-state index is -0.687. The molecular formula is C24H22N4O5. The third-order valence-corrected chi connectivity index (χ3v) is 4.89. The van der Waals surface area contributed by atoms with Crippen LogP contribution in [-0.4, -0.2) is 22.7 Å². The number of anilines is 1. The fraction of sp³-hybridized carbons (Fsp3) is 0.125. The van der Waals surface area contributed by atoms with Crippen LogP contribution in [0.4, 0.5) is 17.1 Å². The first-order valence-corrected chi connectivity index (χ1v) is 10.1. The number of hydrogen-bond acceptors (Lipinski definition) is 7. The van der Waals surface area contributed by atoms with Crippen molar-refractivity contribution in [3.05, 3.63) is 110 Å². The van der Waals surface area contributed by atoms with Crippen molar-refractivity contribution in [2.75, 3.05) is 12.5 Å². The highest BCUT2D eigenvalue weighted by Crippen LogP contribution is 2.29. The molecule has 3 rings (SSSR count). The summed E-state index contributed by atoms with van der Waals surface area (Å²) in [5.74, 6) is 0.739. The van der Waals surface area contributed by atoms with Crippen LogP contribution in [0.1, 0.15) is 23.6 Å². The van der Waals surface area contributed by atoms with Gasteiger partial charge in [-0.1, -0.05) is 49.4 Å². The lowest BCUT2D eigenvalue weighted by molar-refractivity contribution is -0.393. The summed E-state index contributed by atoms with van der Waals surface area (Å²) in [5, 5.41) is 26.8. The summed E-state index contributed by atoms with van der Waals surface area (Å²) in [4.78, 5) is 21.0. The maximum Gasteiger partial charge on any atom is 0.301 e. The number of nitro benzene ring substituents is 2. The van der Waals surface area contributed by atoms with Gasteiger partial charge in [0.05, 0.1) is 28.7 Å². The lowest BCUT2D eigenvalue weighted by atomic mass is 10.1. The van der Waals surface area contributed by atoms with E-state index in [1.54, 1.807) is 13.2 Å². The number of allylic oxidation sites excluding steroid dienone is 1.